The van der Waals surface area contributed by atoms with E-state index in [1.807, 2.05) is 25.1 Å². The van der Waals surface area contributed by atoms with Crippen LogP contribution >= 0.6 is 22.6 Å². The van der Waals surface area contributed by atoms with E-state index in [9.17, 15) is 0 Å². The van der Waals surface area contributed by atoms with Crippen LogP contribution in [0.3, 0.4) is 0 Å². The van der Waals surface area contributed by atoms with E-state index in [1.54, 1.807) is 0 Å². The van der Waals surface area contributed by atoms with Crippen molar-refractivity contribution in [1.82, 2.24) is 9.97 Å². The minimum atomic E-state index is 0.706. The van der Waals surface area contributed by atoms with E-state index in [0.29, 0.717) is 5.82 Å². The third kappa shape index (κ3) is 9.43. The van der Waals surface area contributed by atoms with E-state index in [2.05, 4.69) is 258 Å². The maximum absolute atomic E-state index is 5.30. The quantitative estimate of drug-likeness (QED) is 0.0693. The molecular weight excluding hydrogens is 900 g/mol. The van der Waals surface area contributed by atoms with Gasteiger partial charge < -0.3 is 0 Å². The topological polar surface area (TPSA) is 25.8 Å². The SMILES string of the molecule is C\C=C/C=C\C=C(/C)c1c(/C=C/C(=C\C=C/I)c2cccc(-c3nc(-c4ccccc4)nc4c3ccc3ccccc34)c2)cc(-c2ccccc2)c(-c2ccccc2)c1-c1ccccc1. The van der Waals surface area contributed by atoms with Crippen LogP contribution in [-0.4, -0.2) is 9.97 Å². The molecule has 0 aliphatic rings. The molecule has 2 nitrogen and oxygen atoms in total. The van der Waals surface area contributed by atoms with Gasteiger partial charge in [0.25, 0.3) is 0 Å². The summed E-state index contributed by atoms with van der Waals surface area (Å²) in [7, 11) is 0. The van der Waals surface area contributed by atoms with Gasteiger partial charge in [0.15, 0.2) is 5.82 Å². The van der Waals surface area contributed by atoms with E-state index in [1.165, 1.54) is 27.8 Å². The van der Waals surface area contributed by atoms with Crippen molar-refractivity contribution < 1.29 is 0 Å². The Balaban J connectivity index is 1.26. The largest absolute Gasteiger partial charge is 0.227 e. The Hall–Kier alpha value is -7.47. The van der Waals surface area contributed by atoms with Crippen molar-refractivity contribution in [3.05, 3.63) is 257 Å². The summed E-state index contributed by atoms with van der Waals surface area (Å²) in [5.74, 6) is 0.706. The van der Waals surface area contributed by atoms with Crippen molar-refractivity contribution in [3.8, 4) is 56.0 Å². The summed E-state index contributed by atoms with van der Waals surface area (Å²) in [4.78, 5) is 10.5. The molecule has 0 unspecified atom stereocenters. The first-order valence-corrected chi connectivity index (χ1v) is 23.2. The summed E-state index contributed by atoms with van der Waals surface area (Å²) in [6, 6.07) is 66.7. The van der Waals surface area contributed by atoms with E-state index in [0.717, 1.165) is 71.9 Å². The standard InChI is InChI=1S/C62H47IN2/c1-3-4-5-10-23-44(2)57-52(43-56(46-24-11-6-12-25-46)58(48-27-13-7-14-28-48)59(57)49-29-15-8-16-30-49)38-37-45(35-22-41-63)51-33-21-34-53(42-51)60-55-40-39-47-26-19-20-36-54(47)61(55)65-62(64-60)50-31-17-9-18-32-50/h3-43H,1-2H3/b4-3-,10-5-,38-37+,41-22-,44-23+,45-35+. The van der Waals surface area contributed by atoms with Crippen LogP contribution in [0.5, 0.6) is 0 Å². The summed E-state index contributed by atoms with van der Waals surface area (Å²) in [6.07, 6.45) is 19.4. The van der Waals surface area contributed by atoms with Crippen LogP contribution in [0.2, 0.25) is 0 Å². The molecule has 3 heteroatoms. The lowest BCUT2D eigenvalue weighted by Crippen LogP contribution is -1.99. The maximum Gasteiger partial charge on any atom is 0.160 e. The smallest absolute Gasteiger partial charge is 0.160 e. The summed E-state index contributed by atoms with van der Waals surface area (Å²) >= 11 is 2.30. The second kappa shape index (κ2) is 20.4. The van der Waals surface area contributed by atoms with Crippen LogP contribution in [0, 0.1) is 0 Å². The zero-order valence-electron chi connectivity index (χ0n) is 36.4. The molecule has 1 aromatic heterocycles. The second-order valence-corrected chi connectivity index (χ2v) is 16.5. The van der Waals surface area contributed by atoms with Gasteiger partial charge in [0.05, 0.1) is 11.2 Å². The fourth-order valence-electron chi connectivity index (χ4n) is 8.58. The Labute approximate surface area is 396 Å². The van der Waals surface area contributed by atoms with Gasteiger partial charge in [0.1, 0.15) is 0 Å². The Morgan fingerprint density at radius 3 is 1.83 bits per heavy atom. The molecule has 8 aromatic carbocycles. The minimum Gasteiger partial charge on any atom is -0.227 e. The molecule has 1 heterocycles. The lowest BCUT2D eigenvalue weighted by Gasteiger charge is -2.23. The van der Waals surface area contributed by atoms with Gasteiger partial charge in [-0.2, -0.15) is 0 Å². The molecule has 0 spiro atoms. The van der Waals surface area contributed by atoms with Crippen LogP contribution in [0.1, 0.15) is 30.5 Å². The first-order valence-electron chi connectivity index (χ1n) is 22.0. The lowest BCUT2D eigenvalue weighted by molar-refractivity contribution is 1.23. The highest BCUT2D eigenvalue weighted by Gasteiger charge is 2.22. The highest BCUT2D eigenvalue weighted by molar-refractivity contribution is 14.1. The third-order valence-corrected chi connectivity index (χ3v) is 12.0. The predicted octanol–water partition coefficient (Wildman–Crippen LogP) is 17.7. The Morgan fingerprint density at radius 2 is 1.14 bits per heavy atom. The number of fused-ring (bicyclic) bond motifs is 3. The van der Waals surface area contributed by atoms with E-state index in [-0.39, 0.29) is 0 Å². The molecule has 0 saturated carbocycles. The number of nitrogens with zero attached hydrogens (tertiary/aromatic N) is 2. The van der Waals surface area contributed by atoms with Gasteiger partial charge in [-0.25, -0.2) is 9.97 Å². The molecule has 312 valence electrons. The normalized spacial score (nSPS) is 12.5. The van der Waals surface area contributed by atoms with Gasteiger partial charge in [-0.05, 0) is 103 Å². The molecular formula is C62H47IN2. The Kier molecular flexibility index (Phi) is 13.4. The molecule has 0 aliphatic heterocycles. The number of aromatic nitrogens is 2. The Bertz CT molecular complexity index is 3300. The van der Waals surface area contributed by atoms with Crippen LogP contribution in [-0.2, 0) is 0 Å². The molecule has 0 bridgehead atoms. The van der Waals surface area contributed by atoms with Gasteiger partial charge in [0.2, 0.25) is 0 Å². The fourth-order valence-corrected chi connectivity index (χ4v) is 8.78. The molecule has 0 N–H and O–H groups in total. The number of benzene rings is 8. The molecule has 0 radical (unpaired) electrons. The van der Waals surface area contributed by atoms with Gasteiger partial charge in [-0.15, -0.1) is 0 Å². The Morgan fingerprint density at radius 1 is 0.508 bits per heavy atom. The van der Waals surface area contributed by atoms with E-state index in [4.69, 9.17) is 9.97 Å². The van der Waals surface area contributed by atoms with Gasteiger partial charge in [-0.1, -0.05) is 247 Å². The maximum atomic E-state index is 5.30. The van der Waals surface area contributed by atoms with Crippen molar-refractivity contribution >= 4 is 61.5 Å². The average Bonchev–Trinajstić information content (AvgIpc) is 3.37. The van der Waals surface area contributed by atoms with Gasteiger partial charge >= 0.3 is 0 Å². The number of allylic oxidation sites excluding steroid dienone is 10. The molecule has 9 aromatic rings. The molecule has 0 aliphatic carbocycles. The number of rotatable bonds is 12. The first kappa shape index (κ1) is 42.8. The predicted molar refractivity (Wildman–Crippen MR) is 288 cm³/mol. The monoisotopic (exact) mass is 946 g/mol. The zero-order valence-corrected chi connectivity index (χ0v) is 38.6. The molecule has 0 amide bonds. The van der Waals surface area contributed by atoms with Crippen LogP contribution in [0.15, 0.2) is 241 Å². The van der Waals surface area contributed by atoms with Crippen molar-refractivity contribution in [2.75, 3.05) is 0 Å². The minimum absolute atomic E-state index is 0.706. The van der Waals surface area contributed by atoms with Crippen molar-refractivity contribution in [3.63, 3.8) is 0 Å². The van der Waals surface area contributed by atoms with Crippen molar-refractivity contribution in [2.45, 2.75) is 13.8 Å². The molecule has 0 atom stereocenters. The van der Waals surface area contributed by atoms with Crippen LogP contribution < -0.4 is 0 Å². The first-order chi connectivity index (χ1) is 32.1. The summed E-state index contributed by atoms with van der Waals surface area (Å²) in [5.41, 5.74) is 16.5. The van der Waals surface area contributed by atoms with Crippen molar-refractivity contribution in [2.24, 2.45) is 0 Å². The summed E-state index contributed by atoms with van der Waals surface area (Å²) in [5, 5.41) is 3.28. The number of hydrogen-bond acceptors (Lipinski definition) is 2. The number of hydrogen-bond donors (Lipinski definition) is 0. The molecule has 65 heavy (non-hydrogen) atoms. The van der Waals surface area contributed by atoms with E-state index >= 15 is 0 Å². The highest BCUT2D eigenvalue weighted by Crippen LogP contribution is 2.46. The highest BCUT2D eigenvalue weighted by atomic mass is 127. The average molecular weight is 947 g/mol. The van der Waals surface area contributed by atoms with Crippen molar-refractivity contribution in [1.29, 1.82) is 0 Å². The summed E-state index contributed by atoms with van der Waals surface area (Å²) < 4.78 is 2.05. The molecule has 0 saturated heterocycles. The van der Waals surface area contributed by atoms with Gasteiger partial charge in [-0.3, -0.25) is 0 Å². The van der Waals surface area contributed by atoms with Crippen LogP contribution in [0.4, 0.5) is 0 Å². The zero-order chi connectivity index (χ0) is 44.4. The second-order valence-electron chi connectivity index (χ2n) is 15.8. The van der Waals surface area contributed by atoms with E-state index < -0.39 is 0 Å². The fraction of sp³-hybridized carbons (Fsp3) is 0.0323. The summed E-state index contributed by atoms with van der Waals surface area (Å²) in [6.45, 7) is 4.27. The van der Waals surface area contributed by atoms with Crippen LogP contribution in [0.25, 0.3) is 94.9 Å². The molecule has 9 rings (SSSR count). The lowest BCUT2D eigenvalue weighted by atomic mass is 9.80. The number of halogens is 1. The van der Waals surface area contributed by atoms with Gasteiger partial charge in [0, 0.05) is 21.9 Å². The third-order valence-electron chi connectivity index (χ3n) is 11.6. The molecule has 0 fully saturated rings.